The SMILES string of the molecule is C[C@H](NCc1ccc(Cl)c(Br)c1)c1ccco1. The average molecular weight is 315 g/mol. The Morgan fingerprint density at radius 2 is 2.24 bits per heavy atom. The zero-order valence-electron chi connectivity index (χ0n) is 9.41. The molecular formula is C13H13BrClNO. The van der Waals surface area contributed by atoms with E-state index in [1.54, 1.807) is 6.26 Å². The van der Waals surface area contributed by atoms with Crippen molar-refractivity contribution < 1.29 is 4.42 Å². The van der Waals surface area contributed by atoms with Crippen LogP contribution < -0.4 is 5.32 Å². The van der Waals surface area contributed by atoms with Crippen molar-refractivity contribution in [1.29, 1.82) is 0 Å². The van der Waals surface area contributed by atoms with E-state index in [0.717, 1.165) is 21.8 Å². The highest BCUT2D eigenvalue weighted by molar-refractivity contribution is 9.10. The molecule has 0 spiro atoms. The molecule has 0 aliphatic carbocycles. The maximum Gasteiger partial charge on any atom is 0.120 e. The molecule has 1 atom stereocenters. The summed E-state index contributed by atoms with van der Waals surface area (Å²) >= 11 is 9.36. The summed E-state index contributed by atoms with van der Waals surface area (Å²) in [6.07, 6.45) is 1.69. The van der Waals surface area contributed by atoms with Crippen LogP contribution in [0, 0.1) is 0 Å². The van der Waals surface area contributed by atoms with Crippen LogP contribution in [0.5, 0.6) is 0 Å². The Hall–Kier alpha value is -0.770. The van der Waals surface area contributed by atoms with Crippen LogP contribution in [-0.4, -0.2) is 0 Å². The van der Waals surface area contributed by atoms with Gasteiger partial charge in [-0.25, -0.2) is 0 Å². The molecule has 17 heavy (non-hydrogen) atoms. The Morgan fingerprint density at radius 3 is 2.88 bits per heavy atom. The normalized spacial score (nSPS) is 12.6. The monoisotopic (exact) mass is 313 g/mol. The van der Waals surface area contributed by atoms with E-state index >= 15 is 0 Å². The van der Waals surface area contributed by atoms with Gasteiger partial charge >= 0.3 is 0 Å². The van der Waals surface area contributed by atoms with Gasteiger partial charge < -0.3 is 9.73 Å². The highest BCUT2D eigenvalue weighted by Crippen LogP contribution is 2.23. The standard InChI is InChI=1S/C13H13BrClNO/c1-9(13-3-2-6-17-13)16-8-10-4-5-12(15)11(14)7-10/h2-7,9,16H,8H2,1H3/t9-/m0/s1. The Morgan fingerprint density at radius 1 is 1.41 bits per heavy atom. The molecule has 90 valence electrons. The zero-order valence-corrected chi connectivity index (χ0v) is 11.8. The molecule has 0 aliphatic heterocycles. The lowest BCUT2D eigenvalue weighted by Crippen LogP contribution is -2.17. The molecule has 0 amide bonds. The smallest absolute Gasteiger partial charge is 0.120 e. The molecule has 0 saturated heterocycles. The molecule has 1 aromatic heterocycles. The van der Waals surface area contributed by atoms with Gasteiger partial charge in [0.1, 0.15) is 5.76 Å². The summed E-state index contributed by atoms with van der Waals surface area (Å²) in [4.78, 5) is 0. The van der Waals surface area contributed by atoms with Crippen molar-refractivity contribution in [3.05, 3.63) is 57.4 Å². The molecule has 1 heterocycles. The maximum atomic E-state index is 5.94. The van der Waals surface area contributed by atoms with E-state index in [4.69, 9.17) is 16.0 Å². The summed E-state index contributed by atoms with van der Waals surface area (Å²) < 4.78 is 6.25. The molecule has 0 fully saturated rings. The maximum absolute atomic E-state index is 5.94. The van der Waals surface area contributed by atoms with E-state index in [9.17, 15) is 0 Å². The van der Waals surface area contributed by atoms with Gasteiger partial charge in [-0.2, -0.15) is 0 Å². The van der Waals surface area contributed by atoms with Crippen molar-refractivity contribution in [2.75, 3.05) is 0 Å². The second-order valence-electron chi connectivity index (χ2n) is 3.87. The minimum absolute atomic E-state index is 0.194. The molecule has 0 unspecified atom stereocenters. The van der Waals surface area contributed by atoms with Gasteiger partial charge in [0.2, 0.25) is 0 Å². The summed E-state index contributed by atoms with van der Waals surface area (Å²) in [6, 6.07) is 9.97. The van der Waals surface area contributed by atoms with Crippen LogP contribution in [0.3, 0.4) is 0 Å². The van der Waals surface area contributed by atoms with Crippen molar-refractivity contribution >= 4 is 27.5 Å². The van der Waals surface area contributed by atoms with E-state index in [0.29, 0.717) is 0 Å². The average Bonchev–Trinajstić information content (AvgIpc) is 2.84. The van der Waals surface area contributed by atoms with Crippen molar-refractivity contribution in [1.82, 2.24) is 5.32 Å². The summed E-state index contributed by atoms with van der Waals surface area (Å²) in [5.74, 6) is 0.943. The lowest BCUT2D eigenvalue weighted by atomic mass is 10.2. The topological polar surface area (TPSA) is 25.2 Å². The molecule has 4 heteroatoms. The van der Waals surface area contributed by atoms with Crippen molar-refractivity contribution in [2.24, 2.45) is 0 Å². The van der Waals surface area contributed by atoms with Crippen LogP contribution in [-0.2, 0) is 6.54 Å². The molecule has 0 radical (unpaired) electrons. The fraction of sp³-hybridized carbons (Fsp3) is 0.231. The molecule has 2 nitrogen and oxygen atoms in total. The van der Waals surface area contributed by atoms with Crippen LogP contribution in [0.4, 0.5) is 0 Å². The van der Waals surface area contributed by atoms with Gasteiger partial charge in [-0.15, -0.1) is 0 Å². The van der Waals surface area contributed by atoms with Crippen LogP contribution in [0.2, 0.25) is 5.02 Å². The van der Waals surface area contributed by atoms with E-state index in [-0.39, 0.29) is 6.04 Å². The molecule has 0 saturated carbocycles. The first kappa shape index (κ1) is 12.7. The van der Waals surface area contributed by atoms with Crippen LogP contribution in [0.15, 0.2) is 45.5 Å². The number of hydrogen-bond acceptors (Lipinski definition) is 2. The highest BCUT2D eigenvalue weighted by Gasteiger charge is 2.07. The Bertz CT molecular complexity index is 484. The second-order valence-corrected chi connectivity index (χ2v) is 5.13. The third-order valence-electron chi connectivity index (χ3n) is 2.57. The quantitative estimate of drug-likeness (QED) is 0.896. The van der Waals surface area contributed by atoms with Gasteiger partial charge in [-0.3, -0.25) is 0 Å². The largest absolute Gasteiger partial charge is 0.468 e. The first-order chi connectivity index (χ1) is 8.16. The van der Waals surface area contributed by atoms with Gasteiger partial charge in [-0.1, -0.05) is 17.7 Å². The van der Waals surface area contributed by atoms with Crippen molar-refractivity contribution in [2.45, 2.75) is 19.5 Å². The second kappa shape index (κ2) is 5.71. The Kier molecular flexibility index (Phi) is 4.26. The number of hydrogen-bond donors (Lipinski definition) is 1. The van der Waals surface area contributed by atoms with E-state index < -0.39 is 0 Å². The van der Waals surface area contributed by atoms with Gasteiger partial charge in [0, 0.05) is 11.0 Å². The predicted octanol–water partition coefficient (Wildman–Crippen LogP) is 4.55. The summed E-state index contributed by atoms with van der Waals surface area (Å²) in [7, 11) is 0. The summed E-state index contributed by atoms with van der Waals surface area (Å²) in [6.45, 7) is 2.85. The van der Waals surface area contributed by atoms with Gasteiger partial charge in [0.05, 0.1) is 17.3 Å². The van der Waals surface area contributed by atoms with Crippen LogP contribution in [0.1, 0.15) is 24.3 Å². The Balaban J connectivity index is 1.96. The molecule has 0 aliphatic rings. The minimum Gasteiger partial charge on any atom is -0.468 e. The van der Waals surface area contributed by atoms with E-state index in [2.05, 4.69) is 28.2 Å². The first-order valence-electron chi connectivity index (χ1n) is 5.37. The lowest BCUT2D eigenvalue weighted by Gasteiger charge is -2.11. The number of nitrogens with one attached hydrogen (secondary N) is 1. The summed E-state index contributed by atoms with van der Waals surface area (Å²) in [5, 5.41) is 4.12. The van der Waals surface area contributed by atoms with Crippen molar-refractivity contribution in [3.8, 4) is 0 Å². The molecule has 2 aromatic rings. The number of benzene rings is 1. The molecule has 2 rings (SSSR count). The Labute approximate surface area is 114 Å². The predicted molar refractivity (Wildman–Crippen MR) is 73.1 cm³/mol. The fourth-order valence-electron chi connectivity index (χ4n) is 1.56. The number of rotatable bonds is 4. The third kappa shape index (κ3) is 3.35. The highest BCUT2D eigenvalue weighted by atomic mass is 79.9. The van der Waals surface area contributed by atoms with Crippen LogP contribution >= 0.6 is 27.5 Å². The minimum atomic E-state index is 0.194. The van der Waals surface area contributed by atoms with Gasteiger partial charge in [-0.05, 0) is 52.7 Å². The van der Waals surface area contributed by atoms with Gasteiger partial charge in [0.25, 0.3) is 0 Å². The molecule has 1 aromatic carbocycles. The third-order valence-corrected chi connectivity index (χ3v) is 3.78. The van der Waals surface area contributed by atoms with Crippen LogP contribution in [0.25, 0.3) is 0 Å². The van der Waals surface area contributed by atoms with Crippen molar-refractivity contribution in [3.63, 3.8) is 0 Å². The lowest BCUT2D eigenvalue weighted by molar-refractivity contribution is 0.430. The first-order valence-corrected chi connectivity index (χ1v) is 6.54. The number of furan rings is 1. The molecule has 0 bridgehead atoms. The van der Waals surface area contributed by atoms with E-state index in [1.165, 1.54) is 5.56 Å². The molecular weight excluding hydrogens is 302 g/mol. The molecule has 1 N–H and O–H groups in total. The number of halogens is 2. The zero-order chi connectivity index (χ0) is 12.3. The van der Waals surface area contributed by atoms with E-state index in [1.807, 2.05) is 30.3 Å². The fourth-order valence-corrected chi connectivity index (χ4v) is 2.10. The van der Waals surface area contributed by atoms with Gasteiger partial charge in [0.15, 0.2) is 0 Å². The summed E-state index contributed by atoms with van der Waals surface area (Å²) in [5.41, 5.74) is 1.18.